The lowest BCUT2D eigenvalue weighted by molar-refractivity contribution is 0.102. The molecule has 0 aliphatic carbocycles. The smallest absolute Gasteiger partial charge is 0.258 e. The van der Waals surface area contributed by atoms with Gasteiger partial charge in [0.1, 0.15) is 5.82 Å². The molecule has 0 saturated carbocycles. The zero-order chi connectivity index (χ0) is 14.7. The van der Waals surface area contributed by atoms with Gasteiger partial charge in [-0.2, -0.15) is 0 Å². The van der Waals surface area contributed by atoms with Crippen LogP contribution in [0.25, 0.3) is 0 Å². The molecule has 0 aliphatic heterocycles. The van der Waals surface area contributed by atoms with Crippen molar-refractivity contribution in [1.82, 2.24) is 9.97 Å². The van der Waals surface area contributed by atoms with Crippen LogP contribution < -0.4 is 10.2 Å². The van der Waals surface area contributed by atoms with Crippen LogP contribution >= 0.6 is 0 Å². The Kier molecular flexibility index (Phi) is 3.93. The summed E-state index contributed by atoms with van der Waals surface area (Å²) in [5, 5.41) is 2.57. The predicted octanol–water partition coefficient (Wildman–Crippen LogP) is 2.24. The number of rotatable bonds is 3. The van der Waals surface area contributed by atoms with E-state index < -0.39 is 11.7 Å². The third-order valence-corrected chi connectivity index (χ3v) is 2.73. The standard InChI is InChI=1S/C14H15FN4O/c1-9-5-4-6-11(12(9)15)13(20)18-10-7-16-14(17-8-10)19(2)3/h4-8H,1-3H3,(H,18,20). The number of aromatic nitrogens is 2. The van der Waals surface area contributed by atoms with E-state index in [0.717, 1.165) is 0 Å². The van der Waals surface area contributed by atoms with Crippen molar-refractivity contribution in [3.8, 4) is 0 Å². The fraction of sp³-hybridized carbons (Fsp3) is 0.214. The van der Waals surface area contributed by atoms with Crippen molar-refractivity contribution in [3.63, 3.8) is 0 Å². The van der Waals surface area contributed by atoms with Gasteiger partial charge in [0.2, 0.25) is 5.95 Å². The summed E-state index contributed by atoms with van der Waals surface area (Å²) in [6.45, 7) is 1.61. The van der Waals surface area contributed by atoms with Crippen molar-refractivity contribution in [2.45, 2.75) is 6.92 Å². The maximum Gasteiger partial charge on any atom is 0.258 e. The van der Waals surface area contributed by atoms with E-state index >= 15 is 0 Å². The summed E-state index contributed by atoms with van der Waals surface area (Å²) in [6, 6.07) is 4.69. The van der Waals surface area contributed by atoms with Gasteiger partial charge in [0.15, 0.2) is 0 Å². The summed E-state index contributed by atoms with van der Waals surface area (Å²) in [5.74, 6) is -0.507. The van der Waals surface area contributed by atoms with Crippen molar-refractivity contribution >= 4 is 17.5 Å². The van der Waals surface area contributed by atoms with Gasteiger partial charge in [0.25, 0.3) is 5.91 Å². The molecule has 2 aromatic rings. The minimum Gasteiger partial charge on any atom is -0.347 e. The molecule has 1 aromatic carbocycles. The van der Waals surface area contributed by atoms with Crippen LogP contribution in [0.2, 0.25) is 0 Å². The Bertz CT molecular complexity index is 626. The Morgan fingerprint density at radius 1 is 1.25 bits per heavy atom. The average Bonchev–Trinajstić information content (AvgIpc) is 2.42. The number of hydrogen-bond donors (Lipinski definition) is 1. The topological polar surface area (TPSA) is 58.1 Å². The Labute approximate surface area is 116 Å². The van der Waals surface area contributed by atoms with Gasteiger partial charge in [-0.25, -0.2) is 14.4 Å². The molecule has 0 bridgehead atoms. The maximum atomic E-state index is 13.8. The highest BCUT2D eigenvalue weighted by atomic mass is 19.1. The average molecular weight is 274 g/mol. The third kappa shape index (κ3) is 2.90. The van der Waals surface area contributed by atoms with Crippen molar-refractivity contribution < 1.29 is 9.18 Å². The van der Waals surface area contributed by atoms with E-state index in [0.29, 0.717) is 17.2 Å². The Morgan fingerprint density at radius 3 is 2.50 bits per heavy atom. The van der Waals surface area contributed by atoms with E-state index in [1.165, 1.54) is 18.5 Å². The summed E-state index contributed by atoms with van der Waals surface area (Å²) in [6.07, 6.45) is 2.96. The molecule has 0 fully saturated rings. The summed E-state index contributed by atoms with van der Waals surface area (Å²) in [7, 11) is 3.63. The van der Waals surface area contributed by atoms with Crippen molar-refractivity contribution in [2.24, 2.45) is 0 Å². The minimum absolute atomic E-state index is 0.00156. The molecule has 0 spiro atoms. The molecule has 1 heterocycles. The molecular weight excluding hydrogens is 259 g/mol. The Balaban J connectivity index is 2.17. The van der Waals surface area contributed by atoms with Gasteiger partial charge in [-0.3, -0.25) is 4.79 Å². The molecule has 5 nitrogen and oxygen atoms in total. The van der Waals surface area contributed by atoms with E-state index in [2.05, 4.69) is 15.3 Å². The summed E-state index contributed by atoms with van der Waals surface area (Å²) < 4.78 is 13.8. The lowest BCUT2D eigenvalue weighted by atomic mass is 10.1. The predicted molar refractivity (Wildman–Crippen MR) is 75.4 cm³/mol. The van der Waals surface area contributed by atoms with Gasteiger partial charge in [-0.1, -0.05) is 12.1 Å². The van der Waals surface area contributed by atoms with Gasteiger partial charge >= 0.3 is 0 Å². The molecule has 1 aromatic heterocycles. The van der Waals surface area contributed by atoms with E-state index in [1.807, 2.05) is 14.1 Å². The van der Waals surface area contributed by atoms with Crippen LogP contribution in [-0.4, -0.2) is 30.0 Å². The molecule has 1 amide bonds. The number of amides is 1. The SMILES string of the molecule is Cc1cccc(C(=O)Nc2cnc(N(C)C)nc2)c1F. The van der Waals surface area contributed by atoms with E-state index in [9.17, 15) is 9.18 Å². The molecule has 0 saturated heterocycles. The fourth-order valence-electron chi connectivity index (χ4n) is 1.64. The normalized spacial score (nSPS) is 10.2. The van der Waals surface area contributed by atoms with E-state index in [4.69, 9.17) is 0 Å². The number of carbonyl (C=O) groups excluding carboxylic acids is 1. The van der Waals surface area contributed by atoms with E-state index in [-0.39, 0.29) is 5.56 Å². The highest BCUT2D eigenvalue weighted by Gasteiger charge is 2.13. The quantitative estimate of drug-likeness (QED) is 0.932. The van der Waals surface area contributed by atoms with Crippen LogP contribution in [0.4, 0.5) is 16.0 Å². The van der Waals surface area contributed by atoms with Gasteiger partial charge in [0, 0.05) is 14.1 Å². The number of halogens is 1. The molecule has 0 unspecified atom stereocenters. The van der Waals surface area contributed by atoms with Crippen LogP contribution in [0, 0.1) is 12.7 Å². The Morgan fingerprint density at radius 2 is 1.90 bits per heavy atom. The number of hydrogen-bond acceptors (Lipinski definition) is 4. The Hall–Kier alpha value is -2.50. The highest BCUT2D eigenvalue weighted by Crippen LogP contribution is 2.14. The van der Waals surface area contributed by atoms with E-state index in [1.54, 1.807) is 24.0 Å². The van der Waals surface area contributed by atoms with Crippen LogP contribution in [0.5, 0.6) is 0 Å². The number of anilines is 2. The molecule has 6 heteroatoms. The summed E-state index contributed by atoms with van der Waals surface area (Å²) in [4.78, 5) is 21.9. The zero-order valence-corrected chi connectivity index (χ0v) is 11.5. The largest absolute Gasteiger partial charge is 0.347 e. The summed E-state index contributed by atoms with van der Waals surface area (Å²) >= 11 is 0. The van der Waals surface area contributed by atoms with Crippen molar-refractivity contribution in [3.05, 3.63) is 47.5 Å². The summed E-state index contributed by atoms with van der Waals surface area (Å²) in [5.41, 5.74) is 0.847. The van der Waals surface area contributed by atoms with Gasteiger partial charge in [0.05, 0.1) is 23.6 Å². The van der Waals surface area contributed by atoms with Crippen LogP contribution in [-0.2, 0) is 0 Å². The highest BCUT2D eigenvalue weighted by molar-refractivity contribution is 6.04. The van der Waals surface area contributed by atoms with Gasteiger partial charge in [-0.15, -0.1) is 0 Å². The molecule has 0 atom stereocenters. The second-order valence-corrected chi connectivity index (χ2v) is 4.56. The maximum absolute atomic E-state index is 13.8. The number of nitrogens with one attached hydrogen (secondary N) is 1. The lowest BCUT2D eigenvalue weighted by Crippen LogP contribution is -2.16. The van der Waals surface area contributed by atoms with Gasteiger partial charge in [-0.05, 0) is 18.6 Å². The molecule has 1 N–H and O–H groups in total. The molecule has 2 rings (SSSR count). The van der Waals surface area contributed by atoms with Crippen LogP contribution in [0.1, 0.15) is 15.9 Å². The first kappa shape index (κ1) is 13.9. The van der Waals surface area contributed by atoms with Crippen molar-refractivity contribution in [2.75, 3.05) is 24.3 Å². The first-order chi connectivity index (χ1) is 9.49. The first-order valence-corrected chi connectivity index (χ1v) is 6.05. The number of nitrogens with zero attached hydrogens (tertiary/aromatic N) is 3. The lowest BCUT2D eigenvalue weighted by Gasteiger charge is -2.10. The molecule has 0 aliphatic rings. The fourth-order valence-corrected chi connectivity index (χ4v) is 1.64. The molecule has 20 heavy (non-hydrogen) atoms. The second kappa shape index (κ2) is 5.64. The molecular formula is C14H15FN4O. The van der Waals surface area contributed by atoms with Gasteiger partial charge < -0.3 is 10.2 Å². The van der Waals surface area contributed by atoms with Crippen LogP contribution in [0.15, 0.2) is 30.6 Å². The minimum atomic E-state index is -0.521. The monoisotopic (exact) mass is 274 g/mol. The molecule has 0 radical (unpaired) electrons. The zero-order valence-electron chi connectivity index (χ0n) is 11.5. The van der Waals surface area contributed by atoms with Crippen molar-refractivity contribution in [1.29, 1.82) is 0 Å². The van der Waals surface area contributed by atoms with Crippen LogP contribution in [0.3, 0.4) is 0 Å². The second-order valence-electron chi connectivity index (χ2n) is 4.56. The third-order valence-electron chi connectivity index (χ3n) is 2.73. The number of carbonyl (C=O) groups is 1. The first-order valence-electron chi connectivity index (χ1n) is 6.05. The molecule has 104 valence electrons. The number of aryl methyl sites for hydroxylation is 1. The number of benzene rings is 1.